The van der Waals surface area contributed by atoms with Crippen molar-refractivity contribution in [3.63, 3.8) is 0 Å². The summed E-state index contributed by atoms with van der Waals surface area (Å²) in [4.78, 5) is 0. The van der Waals surface area contributed by atoms with Crippen LogP contribution in [0.4, 0.5) is 0 Å². The third kappa shape index (κ3) is 12.8. The molecule has 0 amide bonds. The molecule has 0 aromatic rings. The van der Waals surface area contributed by atoms with E-state index in [1.54, 1.807) is 0 Å². The van der Waals surface area contributed by atoms with E-state index >= 15 is 0 Å². The molecule has 2 aliphatic rings. The second-order valence-electron chi connectivity index (χ2n) is 4.31. The first-order chi connectivity index (χ1) is 9.00. The van der Waals surface area contributed by atoms with Crippen molar-refractivity contribution in [3.8, 4) is 0 Å². The van der Waals surface area contributed by atoms with E-state index in [2.05, 4.69) is 72.5 Å². The Balaban J connectivity index is 0.000000324. The van der Waals surface area contributed by atoms with Crippen LogP contribution in [-0.2, 0) is 17.1 Å². The fraction of sp³-hybridized carbons (Fsp3) is 0. The van der Waals surface area contributed by atoms with Crippen LogP contribution in [0.15, 0.2) is 96.8 Å². The van der Waals surface area contributed by atoms with Crippen LogP contribution in [0.1, 0.15) is 0 Å². The van der Waals surface area contributed by atoms with Gasteiger partial charge in [-0.3, -0.25) is 0 Å². The molecule has 2 rings (SSSR count). The molecular weight excluding hydrogens is 270 g/mol. The molecule has 19 heavy (non-hydrogen) atoms. The Bertz CT molecular complexity index is 354. The van der Waals surface area contributed by atoms with Gasteiger partial charge in [-0.25, -0.2) is 23.9 Å². The molecule has 3 heteroatoms. The van der Waals surface area contributed by atoms with E-state index in [0.29, 0.717) is 0 Å². The van der Waals surface area contributed by atoms with E-state index in [9.17, 15) is 0 Å². The SMILES string of the molecule is [BH2-]1C=CC=CC=CC=C1.[BH2-]1C=CC=CC=CC=C1.[Fe+2]. The van der Waals surface area contributed by atoms with E-state index in [4.69, 9.17) is 0 Å². The molecule has 98 valence electrons. The number of hydrogen-bond donors (Lipinski definition) is 0. The summed E-state index contributed by atoms with van der Waals surface area (Å²) in [5.74, 6) is 9.00. The topological polar surface area (TPSA) is 0 Å². The zero-order chi connectivity index (χ0) is 12.7. The van der Waals surface area contributed by atoms with Crippen LogP contribution in [0.25, 0.3) is 0 Å². The zero-order valence-electron chi connectivity index (χ0n) is 11.6. The smallest absolute Gasteiger partial charge is 0.248 e. The van der Waals surface area contributed by atoms with Gasteiger partial charge in [0.05, 0.1) is 0 Å². The first kappa shape index (κ1) is 17.6. The Hall–Kier alpha value is -1.43. The summed E-state index contributed by atoms with van der Waals surface area (Å²) in [5, 5.41) is 0. The molecule has 0 saturated heterocycles. The minimum Gasteiger partial charge on any atom is -0.248 e. The third-order valence-electron chi connectivity index (χ3n) is 2.65. The molecule has 0 nitrogen and oxygen atoms in total. The minimum absolute atomic E-state index is 0. The number of allylic oxidation sites excluding steroid dienone is 12. The van der Waals surface area contributed by atoms with Crippen LogP contribution in [0.5, 0.6) is 0 Å². The Morgan fingerprint density at radius 3 is 0.789 bits per heavy atom. The molecule has 0 radical (unpaired) electrons. The summed E-state index contributed by atoms with van der Waals surface area (Å²) in [6.45, 7) is 0. The Labute approximate surface area is 128 Å². The predicted molar refractivity (Wildman–Crippen MR) is 90.2 cm³/mol. The molecule has 0 unspecified atom stereocenters. The molecule has 2 heterocycles. The number of rotatable bonds is 0. The normalized spacial score (nSPS) is 16.0. The summed E-state index contributed by atoms with van der Waals surface area (Å²) < 4.78 is 0. The fourth-order valence-electron chi connectivity index (χ4n) is 1.62. The molecule has 2 aliphatic heterocycles. The Morgan fingerprint density at radius 1 is 0.316 bits per heavy atom. The van der Waals surface area contributed by atoms with Crippen molar-refractivity contribution in [2.24, 2.45) is 0 Å². The largest absolute Gasteiger partial charge is 2.00 e. The standard InChI is InChI=1S/2C8H10B.Fe/c2*1-2-4-6-8-9-7-5-3-1;/h2*1-8H,9H2;/q2*-1;+2. The van der Waals surface area contributed by atoms with E-state index in [1.807, 2.05) is 24.3 Å². The molecule has 0 aromatic carbocycles. The van der Waals surface area contributed by atoms with Gasteiger partial charge < -0.3 is 0 Å². The number of hydrogen-bond acceptors (Lipinski definition) is 0. The maximum absolute atomic E-state index is 2.25. The van der Waals surface area contributed by atoms with Crippen LogP contribution >= 0.6 is 0 Å². The van der Waals surface area contributed by atoms with Gasteiger partial charge in [0.25, 0.3) is 0 Å². The molecule has 0 aliphatic carbocycles. The zero-order valence-corrected chi connectivity index (χ0v) is 12.7. The van der Waals surface area contributed by atoms with E-state index in [1.165, 1.54) is 0 Å². The van der Waals surface area contributed by atoms with Gasteiger partial charge in [-0.15, -0.1) is 24.3 Å². The molecule has 0 bridgehead atoms. The third-order valence-corrected chi connectivity index (χ3v) is 2.65. The summed E-state index contributed by atoms with van der Waals surface area (Å²) in [6.07, 6.45) is 24.9. The fourth-order valence-corrected chi connectivity index (χ4v) is 1.62. The van der Waals surface area contributed by atoms with Gasteiger partial charge in [0.2, 0.25) is 0 Å². The summed E-state index contributed by atoms with van der Waals surface area (Å²) in [6, 6.07) is 0. The van der Waals surface area contributed by atoms with Gasteiger partial charge in [-0.1, -0.05) is 48.6 Å². The predicted octanol–water partition coefficient (Wildman–Crippen LogP) is 2.61. The van der Waals surface area contributed by atoms with Gasteiger partial charge in [0.15, 0.2) is 0 Å². The Kier molecular flexibility index (Phi) is 13.5. The quantitative estimate of drug-likeness (QED) is 0.602. The van der Waals surface area contributed by atoms with Crippen LogP contribution in [0.2, 0.25) is 0 Å². The van der Waals surface area contributed by atoms with Crippen molar-refractivity contribution >= 4 is 14.6 Å². The maximum Gasteiger partial charge on any atom is 2.00 e. The van der Waals surface area contributed by atoms with E-state index in [-0.39, 0.29) is 31.6 Å². The van der Waals surface area contributed by atoms with Crippen molar-refractivity contribution < 1.29 is 17.1 Å². The average Bonchev–Trinajstić information content (AvgIpc) is 2.65. The van der Waals surface area contributed by atoms with Crippen LogP contribution in [-0.4, -0.2) is 14.6 Å². The second kappa shape index (κ2) is 14.6. The average molecular weight is 290 g/mol. The molecular formula is C16H20B2Fe. The van der Waals surface area contributed by atoms with Gasteiger partial charge in [0.1, 0.15) is 0 Å². The first-order valence-electron chi connectivity index (χ1n) is 6.98. The molecule has 0 fully saturated rings. The summed E-state index contributed by atoms with van der Waals surface area (Å²) in [7, 11) is 0.146. The monoisotopic (exact) mass is 290 g/mol. The second-order valence-corrected chi connectivity index (χ2v) is 4.31. The van der Waals surface area contributed by atoms with Crippen LogP contribution in [0, 0.1) is 0 Å². The minimum atomic E-state index is 0. The van der Waals surface area contributed by atoms with Gasteiger partial charge in [-0.2, -0.15) is 0 Å². The van der Waals surface area contributed by atoms with Crippen molar-refractivity contribution in [1.29, 1.82) is 0 Å². The molecule has 0 spiro atoms. The molecule has 0 atom stereocenters. The van der Waals surface area contributed by atoms with Crippen molar-refractivity contribution in [2.45, 2.75) is 0 Å². The molecule has 0 saturated carbocycles. The van der Waals surface area contributed by atoms with Crippen molar-refractivity contribution in [1.82, 2.24) is 0 Å². The van der Waals surface area contributed by atoms with E-state index < -0.39 is 0 Å². The Morgan fingerprint density at radius 2 is 0.526 bits per heavy atom. The summed E-state index contributed by atoms with van der Waals surface area (Å²) >= 11 is 0. The van der Waals surface area contributed by atoms with Crippen molar-refractivity contribution in [2.75, 3.05) is 0 Å². The van der Waals surface area contributed by atoms with Crippen LogP contribution < -0.4 is 0 Å². The molecule has 0 aromatic heterocycles. The van der Waals surface area contributed by atoms with Crippen molar-refractivity contribution in [3.05, 3.63) is 96.8 Å². The molecule has 0 N–H and O–H groups in total. The van der Waals surface area contributed by atoms with Gasteiger partial charge >= 0.3 is 17.1 Å². The summed E-state index contributed by atoms with van der Waals surface area (Å²) in [5.41, 5.74) is 0. The maximum atomic E-state index is 2.25. The van der Waals surface area contributed by atoms with Crippen LogP contribution in [0.3, 0.4) is 0 Å². The van der Waals surface area contributed by atoms with E-state index in [0.717, 1.165) is 0 Å². The van der Waals surface area contributed by atoms with Gasteiger partial charge in [0, 0.05) is 14.6 Å². The van der Waals surface area contributed by atoms with Gasteiger partial charge in [-0.05, 0) is 0 Å². The first-order valence-corrected chi connectivity index (χ1v) is 6.98.